The molecule has 3 aromatic rings. The van der Waals surface area contributed by atoms with E-state index in [2.05, 4.69) is 29.4 Å². The number of carbonyl (C=O) groups excluding carboxylic acids is 1. The zero-order valence-electron chi connectivity index (χ0n) is 18.3. The van der Waals surface area contributed by atoms with Crippen LogP contribution in [0.2, 0.25) is 0 Å². The van der Waals surface area contributed by atoms with Gasteiger partial charge in [0.2, 0.25) is 5.91 Å². The number of amides is 1. The van der Waals surface area contributed by atoms with Crippen molar-refractivity contribution in [3.63, 3.8) is 0 Å². The van der Waals surface area contributed by atoms with Crippen LogP contribution < -0.4 is 10.6 Å². The largest absolute Gasteiger partial charge is 0.312 e. The lowest BCUT2D eigenvalue weighted by Gasteiger charge is -2.32. The Morgan fingerprint density at radius 2 is 1.68 bits per heavy atom. The lowest BCUT2D eigenvalue weighted by Crippen LogP contribution is -2.46. The molecule has 0 saturated carbocycles. The lowest BCUT2D eigenvalue weighted by atomic mass is 10.0. The molecule has 2 aromatic carbocycles. The number of piperidine rings is 1. The van der Waals surface area contributed by atoms with E-state index in [1.807, 2.05) is 66.7 Å². The fourth-order valence-electron chi connectivity index (χ4n) is 4.10. The number of para-hydroxylation sites is 1. The molecule has 2 N–H and O–H groups in total. The van der Waals surface area contributed by atoms with Crippen molar-refractivity contribution in [3.05, 3.63) is 66.7 Å². The molecule has 31 heavy (non-hydrogen) atoms. The summed E-state index contributed by atoms with van der Waals surface area (Å²) in [5.41, 5.74) is 2.77. The minimum absolute atomic E-state index is 0.00744. The molecule has 1 fully saturated rings. The van der Waals surface area contributed by atoms with Gasteiger partial charge in [0, 0.05) is 36.8 Å². The number of nitrogens with one attached hydrogen (secondary N) is 2. The predicted octanol–water partition coefficient (Wildman–Crippen LogP) is 3.94. The molecule has 1 aromatic heterocycles. The van der Waals surface area contributed by atoms with E-state index in [1.54, 1.807) is 4.68 Å². The summed E-state index contributed by atoms with van der Waals surface area (Å²) in [5.74, 6) is 0.679. The summed E-state index contributed by atoms with van der Waals surface area (Å²) >= 11 is 0. The molecule has 0 atom stereocenters. The molecule has 162 valence electrons. The molecule has 1 aliphatic rings. The van der Waals surface area contributed by atoms with Gasteiger partial charge in [-0.25, -0.2) is 4.68 Å². The summed E-state index contributed by atoms with van der Waals surface area (Å²) in [5, 5.41) is 11.5. The van der Waals surface area contributed by atoms with Crippen molar-refractivity contribution in [2.45, 2.75) is 38.8 Å². The predicted molar refractivity (Wildman–Crippen MR) is 125 cm³/mol. The van der Waals surface area contributed by atoms with Gasteiger partial charge in [0.15, 0.2) is 0 Å². The number of aromatic nitrogens is 2. The number of hydrogen-bond donors (Lipinski definition) is 2. The second-order valence-corrected chi connectivity index (χ2v) is 8.45. The van der Waals surface area contributed by atoms with Crippen LogP contribution in [0.4, 0.5) is 5.82 Å². The van der Waals surface area contributed by atoms with Crippen molar-refractivity contribution in [2.75, 3.05) is 25.0 Å². The van der Waals surface area contributed by atoms with E-state index < -0.39 is 0 Å². The lowest BCUT2D eigenvalue weighted by molar-refractivity contribution is -0.117. The van der Waals surface area contributed by atoms with Crippen molar-refractivity contribution >= 4 is 11.7 Å². The average Bonchev–Trinajstić information content (AvgIpc) is 3.19. The molecule has 0 bridgehead atoms. The van der Waals surface area contributed by atoms with Gasteiger partial charge in [-0.3, -0.25) is 9.69 Å². The van der Waals surface area contributed by atoms with E-state index >= 15 is 0 Å². The van der Waals surface area contributed by atoms with Gasteiger partial charge in [0.05, 0.1) is 17.9 Å². The van der Waals surface area contributed by atoms with Crippen molar-refractivity contribution in [1.29, 1.82) is 0 Å². The smallest absolute Gasteiger partial charge is 0.239 e. The van der Waals surface area contributed by atoms with Crippen LogP contribution in [0.15, 0.2) is 66.7 Å². The highest BCUT2D eigenvalue weighted by Crippen LogP contribution is 2.24. The molecule has 0 radical (unpaired) electrons. The highest BCUT2D eigenvalue weighted by Gasteiger charge is 2.22. The molecule has 2 heterocycles. The molecular weight excluding hydrogens is 386 g/mol. The molecule has 1 saturated heterocycles. The van der Waals surface area contributed by atoms with Gasteiger partial charge in [-0.05, 0) is 25.0 Å². The fraction of sp³-hybridized carbons (Fsp3) is 0.360. The maximum absolute atomic E-state index is 12.9. The summed E-state index contributed by atoms with van der Waals surface area (Å²) in [6.45, 7) is 6.63. The summed E-state index contributed by atoms with van der Waals surface area (Å²) in [6.07, 6.45) is 2.15. The third kappa shape index (κ3) is 5.60. The molecule has 6 nitrogen and oxygen atoms in total. The highest BCUT2D eigenvalue weighted by atomic mass is 16.2. The quantitative estimate of drug-likeness (QED) is 0.611. The number of anilines is 1. The minimum atomic E-state index is -0.00744. The number of nitrogens with zero attached hydrogens (tertiary/aromatic N) is 3. The molecule has 0 aliphatic carbocycles. The maximum atomic E-state index is 12.9. The van der Waals surface area contributed by atoms with Gasteiger partial charge in [0.25, 0.3) is 0 Å². The second kappa shape index (κ2) is 9.90. The van der Waals surface area contributed by atoms with Gasteiger partial charge in [-0.1, -0.05) is 62.4 Å². The molecule has 6 heteroatoms. The number of benzene rings is 2. The van der Waals surface area contributed by atoms with Crippen LogP contribution in [0, 0.1) is 0 Å². The Kier molecular flexibility index (Phi) is 6.79. The van der Waals surface area contributed by atoms with E-state index in [0.717, 1.165) is 42.9 Å². The fourth-order valence-corrected chi connectivity index (χ4v) is 4.10. The van der Waals surface area contributed by atoms with Gasteiger partial charge in [0.1, 0.15) is 5.82 Å². The van der Waals surface area contributed by atoms with Gasteiger partial charge in [-0.15, -0.1) is 0 Å². The monoisotopic (exact) mass is 417 g/mol. The average molecular weight is 418 g/mol. The standard InChI is InChI=1S/C25H31N5O/c1-19(2)26-21-13-15-29(16-14-21)18-25(31)27-24-17-23(20-9-5-3-6-10-20)28-30(24)22-11-7-4-8-12-22/h3-12,17,19,21,26H,13-16,18H2,1-2H3,(H,27,31). The zero-order valence-corrected chi connectivity index (χ0v) is 18.3. The third-order valence-corrected chi connectivity index (χ3v) is 5.57. The van der Waals surface area contributed by atoms with Crippen molar-refractivity contribution in [1.82, 2.24) is 20.0 Å². The first-order valence-electron chi connectivity index (χ1n) is 11.1. The molecular formula is C25H31N5O. The van der Waals surface area contributed by atoms with Crippen LogP contribution in [0.3, 0.4) is 0 Å². The summed E-state index contributed by atoms with van der Waals surface area (Å²) in [6, 6.07) is 22.9. The van der Waals surface area contributed by atoms with Gasteiger partial charge < -0.3 is 10.6 Å². The first-order chi connectivity index (χ1) is 15.1. The summed E-state index contributed by atoms with van der Waals surface area (Å²) < 4.78 is 1.80. The van der Waals surface area contributed by atoms with Crippen LogP contribution in [0.5, 0.6) is 0 Å². The van der Waals surface area contributed by atoms with E-state index in [4.69, 9.17) is 5.10 Å². The normalized spacial score (nSPS) is 15.3. The zero-order chi connectivity index (χ0) is 21.6. The number of likely N-dealkylation sites (tertiary alicyclic amines) is 1. The Morgan fingerprint density at radius 1 is 1.03 bits per heavy atom. The van der Waals surface area contributed by atoms with Crippen LogP contribution in [0.25, 0.3) is 16.9 Å². The summed E-state index contributed by atoms with van der Waals surface area (Å²) in [4.78, 5) is 15.1. The van der Waals surface area contributed by atoms with E-state index in [1.165, 1.54) is 0 Å². The van der Waals surface area contributed by atoms with Crippen molar-refractivity contribution < 1.29 is 4.79 Å². The Labute approximate surface area is 184 Å². The van der Waals surface area contributed by atoms with Crippen LogP contribution in [-0.2, 0) is 4.79 Å². The van der Waals surface area contributed by atoms with Gasteiger partial charge >= 0.3 is 0 Å². The van der Waals surface area contributed by atoms with E-state index in [0.29, 0.717) is 24.4 Å². The van der Waals surface area contributed by atoms with Gasteiger partial charge in [-0.2, -0.15) is 5.10 Å². The third-order valence-electron chi connectivity index (χ3n) is 5.57. The van der Waals surface area contributed by atoms with Crippen molar-refractivity contribution in [3.8, 4) is 16.9 Å². The number of carbonyl (C=O) groups is 1. The summed E-state index contributed by atoms with van der Waals surface area (Å²) in [7, 11) is 0. The number of hydrogen-bond acceptors (Lipinski definition) is 4. The topological polar surface area (TPSA) is 62.2 Å². The molecule has 1 aliphatic heterocycles. The molecule has 4 rings (SSSR count). The van der Waals surface area contributed by atoms with Crippen LogP contribution >= 0.6 is 0 Å². The second-order valence-electron chi connectivity index (χ2n) is 8.45. The first kappa shape index (κ1) is 21.3. The molecule has 0 unspecified atom stereocenters. The Hall–Kier alpha value is -2.96. The Bertz CT molecular complexity index is 976. The SMILES string of the molecule is CC(C)NC1CCN(CC(=O)Nc2cc(-c3ccccc3)nn2-c2ccccc2)CC1. The highest BCUT2D eigenvalue weighted by molar-refractivity contribution is 5.92. The van der Waals surface area contributed by atoms with E-state index in [9.17, 15) is 4.79 Å². The Morgan fingerprint density at radius 3 is 2.32 bits per heavy atom. The first-order valence-corrected chi connectivity index (χ1v) is 11.1. The van der Waals surface area contributed by atoms with Crippen LogP contribution in [0.1, 0.15) is 26.7 Å². The molecule has 0 spiro atoms. The number of rotatable bonds is 7. The van der Waals surface area contributed by atoms with Crippen LogP contribution in [-0.4, -0.2) is 52.3 Å². The molecule has 1 amide bonds. The van der Waals surface area contributed by atoms with Crippen molar-refractivity contribution in [2.24, 2.45) is 0 Å². The minimum Gasteiger partial charge on any atom is -0.312 e. The van der Waals surface area contributed by atoms with E-state index in [-0.39, 0.29) is 5.91 Å². The maximum Gasteiger partial charge on any atom is 0.239 e. The Balaban J connectivity index is 1.46.